The molecule has 12 heavy (non-hydrogen) atoms. The first-order chi connectivity index (χ1) is 5.63. The number of hydrogen-bond acceptors (Lipinski definition) is 3. The van der Waals surface area contributed by atoms with E-state index in [1.807, 2.05) is 0 Å². The van der Waals surface area contributed by atoms with Crippen molar-refractivity contribution in [2.75, 3.05) is 7.11 Å². The molecule has 0 heterocycles. The highest BCUT2D eigenvalue weighted by atomic mass is 16.5. The lowest BCUT2D eigenvalue weighted by molar-refractivity contribution is -0.142. The molecule has 0 aromatic heterocycles. The summed E-state index contributed by atoms with van der Waals surface area (Å²) in [6, 6.07) is 0. The molecular weight excluding hydrogens is 160 g/mol. The molecule has 0 spiro atoms. The minimum Gasteiger partial charge on any atom is -0.481 e. The number of methoxy groups -OCH3 is 1. The van der Waals surface area contributed by atoms with Crippen LogP contribution >= 0.6 is 0 Å². The number of carboxylic acids is 1. The summed E-state index contributed by atoms with van der Waals surface area (Å²) >= 11 is 0. The molecule has 0 bridgehead atoms. The molecule has 1 aliphatic carbocycles. The number of aliphatic carboxylic acids is 1. The largest absolute Gasteiger partial charge is 0.481 e. The van der Waals surface area contributed by atoms with E-state index in [-0.39, 0.29) is 24.2 Å². The molecule has 0 unspecified atom stereocenters. The van der Waals surface area contributed by atoms with Gasteiger partial charge in [-0.25, -0.2) is 0 Å². The van der Waals surface area contributed by atoms with Gasteiger partial charge < -0.3 is 9.84 Å². The Hall–Kier alpha value is -1.06. The van der Waals surface area contributed by atoms with Gasteiger partial charge in [0, 0.05) is 12.8 Å². The molecule has 1 aliphatic rings. The second kappa shape index (κ2) is 3.56. The Labute approximate surface area is 70.5 Å². The van der Waals surface area contributed by atoms with Gasteiger partial charge in [-0.3, -0.25) is 9.59 Å². The molecular formula is C8H12O4. The van der Waals surface area contributed by atoms with Gasteiger partial charge in [0.2, 0.25) is 0 Å². The average Bonchev–Trinajstić information content (AvgIpc) is 2.66. The van der Waals surface area contributed by atoms with Crippen LogP contribution in [0.5, 0.6) is 0 Å². The molecule has 1 rings (SSSR count). The van der Waals surface area contributed by atoms with Crippen molar-refractivity contribution in [3.8, 4) is 0 Å². The monoisotopic (exact) mass is 172 g/mol. The van der Waals surface area contributed by atoms with Gasteiger partial charge in [-0.15, -0.1) is 0 Å². The zero-order chi connectivity index (χ0) is 9.14. The molecule has 1 saturated carbocycles. The molecule has 1 N–H and O–H groups in total. The van der Waals surface area contributed by atoms with Crippen molar-refractivity contribution in [1.82, 2.24) is 0 Å². The summed E-state index contributed by atoms with van der Waals surface area (Å²) in [5.41, 5.74) is 0. The van der Waals surface area contributed by atoms with Gasteiger partial charge in [0.15, 0.2) is 0 Å². The van der Waals surface area contributed by atoms with E-state index in [9.17, 15) is 9.59 Å². The fourth-order valence-corrected chi connectivity index (χ4v) is 1.33. The Morgan fingerprint density at radius 2 is 2.00 bits per heavy atom. The van der Waals surface area contributed by atoms with Crippen LogP contribution in [0.15, 0.2) is 0 Å². The van der Waals surface area contributed by atoms with Crippen molar-refractivity contribution >= 4 is 11.9 Å². The number of rotatable bonds is 4. The van der Waals surface area contributed by atoms with Crippen LogP contribution in [0.2, 0.25) is 0 Å². The quantitative estimate of drug-likeness (QED) is 0.633. The number of hydrogen-bond donors (Lipinski definition) is 1. The van der Waals surface area contributed by atoms with Crippen molar-refractivity contribution < 1.29 is 19.4 Å². The van der Waals surface area contributed by atoms with Crippen LogP contribution in [0.1, 0.15) is 19.3 Å². The van der Waals surface area contributed by atoms with E-state index in [1.165, 1.54) is 7.11 Å². The molecule has 0 radical (unpaired) electrons. The first-order valence-electron chi connectivity index (χ1n) is 3.92. The Morgan fingerprint density at radius 3 is 2.50 bits per heavy atom. The second-order valence-electron chi connectivity index (χ2n) is 3.13. The second-order valence-corrected chi connectivity index (χ2v) is 3.13. The van der Waals surface area contributed by atoms with Gasteiger partial charge in [-0.05, 0) is 18.3 Å². The third kappa shape index (κ3) is 2.53. The van der Waals surface area contributed by atoms with Crippen LogP contribution in [0.25, 0.3) is 0 Å². The predicted octanol–water partition coefficient (Wildman–Crippen LogP) is 0.660. The lowest BCUT2D eigenvalue weighted by Gasteiger charge is -1.96. The van der Waals surface area contributed by atoms with Gasteiger partial charge in [0.1, 0.15) is 0 Å². The summed E-state index contributed by atoms with van der Waals surface area (Å²) in [6.07, 6.45) is 1.40. The summed E-state index contributed by atoms with van der Waals surface area (Å²) < 4.78 is 4.47. The fourth-order valence-electron chi connectivity index (χ4n) is 1.33. The maximum atomic E-state index is 10.7. The lowest BCUT2D eigenvalue weighted by atomic mass is 10.2. The number of carbonyl (C=O) groups is 2. The molecule has 0 aromatic rings. The predicted molar refractivity (Wildman–Crippen MR) is 40.5 cm³/mol. The smallest absolute Gasteiger partial charge is 0.305 e. The van der Waals surface area contributed by atoms with E-state index in [0.29, 0.717) is 6.42 Å². The first kappa shape index (κ1) is 9.03. The molecule has 0 aromatic carbocycles. The summed E-state index contributed by atoms with van der Waals surface area (Å²) in [5, 5.41) is 8.42. The standard InChI is InChI=1S/C8H12O4/c1-12-8(11)4-6-2-5(6)3-7(9)10/h5-6H,2-4H2,1H3,(H,9,10)/t5-,6-/m0/s1. The van der Waals surface area contributed by atoms with Crippen molar-refractivity contribution in [1.29, 1.82) is 0 Å². The molecule has 0 aliphatic heterocycles. The van der Waals surface area contributed by atoms with E-state index in [0.717, 1.165) is 6.42 Å². The van der Waals surface area contributed by atoms with Crippen LogP contribution in [0.3, 0.4) is 0 Å². The summed E-state index contributed by atoms with van der Waals surface area (Å²) in [5.74, 6) is -0.588. The van der Waals surface area contributed by atoms with Crippen molar-refractivity contribution in [2.45, 2.75) is 19.3 Å². The number of carbonyl (C=O) groups excluding carboxylic acids is 1. The van der Waals surface area contributed by atoms with E-state index in [1.54, 1.807) is 0 Å². The Bertz CT molecular complexity index is 199. The minimum absolute atomic E-state index is 0.182. The third-order valence-electron chi connectivity index (χ3n) is 2.16. The maximum absolute atomic E-state index is 10.7. The van der Waals surface area contributed by atoms with Gasteiger partial charge >= 0.3 is 11.9 Å². The van der Waals surface area contributed by atoms with E-state index in [4.69, 9.17) is 5.11 Å². The molecule has 0 amide bonds. The highest BCUT2D eigenvalue weighted by Crippen LogP contribution is 2.43. The maximum Gasteiger partial charge on any atom is 0.305 e. The normalized spacial score (nSPS) is 26.4. The Kier molecular flexibility index (Phi) is 2.68. The van der Waals surface area contributed by atoms with Crippen LogP contribution in [-0.2, 0) is 14.3 Å². The molecule has 4 nitrogen and oxygen atoms in total. The van der Waals surface area contributed by atoms with Crippen LogP contribution in [0.4, 0.5) is 0 Å². The lowest BCUT2D eigenvalue weighted by Crippen LogP contribution is -2.03. The third-order valence-corrected chi connectivity index (χ3v) is 2.16. The van der Waals surface area contributed by atoms with Crippen LogP contribution in [0, 0.1) is 11.8 Å². The summed E-state index contributed by atoms with van der Waals surface area (Å²) in [6.45, 7) is 0. The number of ether oxygens (including phenoxy) is 1. The van der Waals surface area contributed by atoms with Crippen molar-refractivity contribution in [2.24, 2.45) is 11.8 Å². The molecule has 1 fully saturated rings. The first-order valence-corrected chi connectivity index (χ1v) is 3.92. The number of esters is 1. The molecule has 2 atom stereocenters. The van der Waals surface area contributed by atoms with Gasteiger partial charge in [-0.1, -0.05) is 0 Å². The zero-order valence-corrected chi connectivity index (χ0v) is 6.95. The van der Waals surface area contributed by atoms with Crippen LogP contribution in [-0.4, -0.2) is 24.2 Å². The zero-order valence-electron chi connectivity index (χ0n) is 6.95. The van der Waals surface area contributed by atoms with Crippen molar-refractivity contribution in [3.63, 3.8) is 0 Å². The fraction of sp³-hybridized carbons (Fsp3) is 0.750. The Morgan fingerprint density at radius 1 is 1.42 bits per heavy atom. The van der Waals surface area contributed by atoms with Gasteiger partial charge in [0.05, 0.1) is 7.11 Å². The van der Waals surface area contributed by atoms with E-state index >= 15 is 0 Å². The van der Waals surface area contributed by atoms with Gasteiger partial charge in [0.25, 0.3) is 0 Å². The van der Waals surface area contributed by atoms with E-state index in [2.05, 4.69) is 4.74 Å². The molecule has 4 heteroatoms. The topological polar surface area (TPSA) is 63.6 Å². The highest BCUT2D eigenvalue weighted by Gasteiger charge is 2.39. The average molecular weight is 172 g/mol. The van der Waals surface area contributed by atoms with Gasteiger partial charge in [-0.2, -0.15) is 0 Å². The number of carboxylic acid groups (broad SMARTS) is 1. The molecule has 0 saturated heterocycles. The van der Waals surface area contributed by atoms with E-state index < -0.39 is 5.97 Å². The SMILES string of the molecule is COC(=O)C[C@@H]1C[C@H]1CC(=O)O. The Balaban J connectivity index is 2.16. The van der Waals surface area contributed by atoms with Crippen molar-refractivity contribution in [3.05, 3.63) is 0 Å². The summed E-state index contributed by atoms with van der Waals surface area (Å²) in [4.78, 5) is 21.0. The summed E-state index contributed by atoms with van der Waals surface area (Å²) in [7, 11) is 1.34. The highest BCUT2D eigenvalue weighted by molar-refractivity contribution is 5.71. The van der Waals surface area contributed by atoms with Crippen LogP contribution < -0.4 is 0 Å². The molecule has 68 valence electrons. The minimum atomic E-state index is -0.785.